The van der Waals surface area contributed by atoms with Crippen molar-refractivity contribution in [2.45, 2.75) is 26.7 Å². The van der Waals surface area contributed by atoms with E-state index < -0.39 is 0 Å². The first-order valence-electron chi connectivity index (χ1n) is 9.15. The molecule has 0 radical (unpaired) electrons. The minimum Gasteiger partial charge on any atom is -0.361 e. The van der Waals surface area contributed by atoms with Crippen LogP contribution >= 0.6 is 0 Å². The molecule has 144 valence electrons. The Morgan fingerprint density at radius 2 is 1.68 bits per heavy atom. The molecular formula is C24H26N2O2. The van der Waals surface area contributed by atoms with Crippen molar-refractivity contribution < 1.29 is 9.59 Å². The molecule has 4 heteroatoms. The van der Waals surface area contributed by atoms with E-state index in [0.29, 0.717) is 11.3 Å². The third-order valence-corrected chi connectivity index (χ3v) is 4.38. The molecule has 1 unspecified atom stereocenters. The number of ketones is 1. The SMILES string of the molecule is C=C/C=C(\C)C(=CNc1cccc(NC(=O)C(C)c2ccccc2)c1)C(C)=O. The number of carbonyl (C=O) groups is 2. The molecular weight excluding hydrogens is 348 g/mol. The van der Waals surface area contributed by atoms with Crippen LogP contribution in [0.5, 0.6) is 0 Å². The lowest BCUT2D eigenvalue weighted by atomic mass is 10.0. The summed E-state index contributed by atoms with van der Waals surface area (Å²) in [5.74, 6) is -0.369. The number of hydrogen-bond acceptors (Lipinski definition) is 3. The summed E-state index contributed by atoms with van der Waals surface area (Å²) in [7, 11) is 0. The van der Waals surface area contributed by atoms with Gasteiger partial charge in [-0.15, -0.1) is 0 Å². The lowest BCUT2D eigenvalue weighted by Gasteiger charge is -2.13. The Kier molecular flexibility index (Phi) is 7.52. The molecule has 0 saturated carbocycles. The lowest BCUT2D eigenvalue weighted by molar-refractivity contribution is -0.117. The van der Waals surface area contributed by atoms with Gasteiger partial charge in [0, 0.05) is 23.1 Å². The first-order chi connectivity index (χ1) is 13.4. The summed E-state index contributed by atoms with van der Waals surface area (Å²) in [5.41, 5.74) is 3.83. The van der Waals surface area contributed by atoms with Gasteiger partial charge in [0.2, 0.25) is 5.91 Å². The van der Waals surface area contributed by atoms with E-state index in [1.54, 1.807) is 18.4 Å². The molecule has 0 aromatic heterocycles. The zero-order valence-electron chi connectivity index (χ0n) is 16.5. The monoisotopic (exact) mass is 374 g/mol. The van der Waals surface area contributed by atoms with Crippen LogP contribution in [0.15, 0.2) is 90.7 Å². The summed E-state index contributed by atoms with van der Waals surface area (Å²) < 4.78 is 0. The van der Waals surface area contributed by atoms with Gasteiger partial charge in [0.1, 0.15) is 0 Å². The topological polar surface area (TPSA) is 58.2 Å². The normalized spacial score (nSPS) is 12.8. The Bertz CT molecular complexity index is 911. The molecule has 1 amide bonds. The summed E-state index contributed by atoms with van der Waals surface area (Å²) in [6, 6.07) is 17.0. The second-order valence-electron chi connectivity index (χ2n) is 6.55. The van der Waals surface area contributed by atoms with Crippen molar-refractivity contribution in [2.75, 3.05) is 10.6 Å². The summed E-state index contributed by atoms with van der Waals surface area (Å²) in [4.78, 5) is 24.4. The number of carbonyl (C=O) groups excluding carboxylic acids is 2. The van der Waals surface area contributed by atoms with Crippen LogP contribution < -0.4 is 10.6 Å². The van der Waals surface area contributed by atoms with Crippen molar-refractivity contribution in [3.8, 4) is 0 Å². The van der Waals surface area contributed by atoms with Crippen LogP contribution in [0.25, 0.3) is 0 Å². The van der Waals surface area contributed by atoms with Gasteiger partial charge >= 0.3 is 0 Å². The van der Waals surface area contributed by atoms with E-state index in [1.165, 1.54) is 6.92 Å². The molecule has 0 spiro atoms. The highest BCUT2D eigenvalue weighted by atomic mass is 16.1. The Hall–Kier alpha value is -3.40. The molecule has 1 atom stereocenters. The molecule has 0 aliphatic rings. The largest absolute Gasteiger partial charge is 0.361 e. The molecule has 0 fully saturated rings. The fraction of sp³-hybridized carbons (Fsp3) is 0.167. The van der Waals surface area contributed by atoms with Gasteiger partial charge in [0.15, 0.2) is 5.78 Å². The van der Waals surface area contributed by atoms with Crippen molar-refractivity contribution in [1.29, 1.82) is 0 Å². The lowest BCUT2D eigenvalue weighted by Crippen LogP contribution is -2.18. The van der Waals surface area contributed by atoms with Crippen LogP contribution in [-0.2, 0) is 9.59 Å². The Balaban J connectivity index is 2.12. The number of Topliss-reactive ketones (excluding diaryl/α,β-unsaturated/α-hetero) is 1. The molecule has 28 heavy (non-hydrogen) atoms. The molecule has 0 aliphatic heterocycles. The Labute approximate surface area is 166 Å². The van der Waals surface area contributed by atoms with E-state index >= 15 is 0 Å². The van der Waals surface area contributed by atoms with Gasteiger partial charge in [-0.05, 0) is 50.1 Å². The summed E-state index contributed by atoms with van der Waals surface area (Å²) >= 11 is 0. The van der Waals surface area contributed by atoms with Crippen molar-refractivity contribution in [3.63, 3.8) is 0 Å². The van der Waals surface area contributed by atoms with E-state index in [9.17, 15) is 9.59 Å². The van der Waals surface area contributed by atoms with Gasteiger partial charge in [-0.2, -0.15) is 0 Å². The van der Waals surface area contributed by atoms with Crippen LogP contribution in [0.2, 0.25) is 0 Å². The summed E-state index contributed by atoms with van der Waals surface area (Å²) in [6.45, 7) is 8.92. The third kappa shape index (κ3) is 5.81. The van der Waals surface area contributed by atoms with E-state index in [-0.39, 0.29) is 17.6 Å². The first-order valence-corrected chi connectivity index (χ1v) is 9.15. The number of amides is 1. The first kappa shape index (κ1) is 20.9. The second kappa shape index (κ2) is 10.1. The Morgan fingerprint density at radius 3 is 2.32 bits per heavy atom. The fourth-order valence-corrected chi connectivity index (χ4v) is 2.75. The van der Waals surface area contributed by atoms with E-state index in [1.807, 2.05) is 68.4 Å². The van der Waals surface area contributed by atoms with E-state index in [0.717, 1.165) is 16.8 Å². The Morgan fingerprint density at radius 1 is 1.00 bits per heavy atom. The predicted octanol–water partition coefficient (Wildman–Crippen LogP) is 5.45. The number of nitrogens with one attached hydrogen (secondary N) is 2. The molecule has 2 N–H and O–H groups in total. The number of hydrogen-bond donors (Lipinski definition) is 2. The zero-order valence-corrected chi connectivity index (χ0v) is 16.5. The molecule has 2 aromatic rings. The molecule has 0 saturated heterocycles. The maximum Gasteiger partial charge on any atom is 0.231 e. The minimum atomic E-state index is -0.256. The van der Waals surface area contributed by atoms with Crippen LogP contribution in [0.1, 0.15) is 32.3 Å². The van der Waals surface area contributed by atoms with Gasteiger partial charge in [0.05, 0.1) is 5.92 Å². The predicted molar refractivity (Wildman–Crippen MR) is 116 cm³/mol. The smallest absolute Gasteiger partial charge is 0.231 e. The standard InChI is InChI=1S/C24H26N2O2/c1-5-10-17(2)23(19(4)27)16-25-21-13-9-14-22(15-21)26-24(28)18(3)20-11-7-6-8-12-20/h5-16,18,25H,1H2,2-4H3,(H,26,28)/b17-10+,23-16?. The second-order valence-corrected chi connectivity index (χ2v) is 6.55. The molecule has 0 aliphatic carbocycles. The van der Waals surface area contributed by atoms with Crippen molar-refractivity contribution in [1.82, 2.24) is 0 Å². The maximum absolute atomic E-state index is 12.5. The highest BCUT2D eigenvalue weighted by molar-refractivity contribution is 5.98. The molecule has 0 bridgehead atoms. The summed E-state index contributed by atoms with van der Waals surface area (Å²) in [5, 5.41) is 6.07. The summed E-state index contributed by atoms with van der Waals surface area (Å²) in [6.07, 6.45) is 5.11. The molecule has 0 heterocycles. The van der Waals surface area contributed by atoms with Gasteiger partial charge in [0.25, 0.3) is 0 Å². The average Bonchev–Trinajstić information content (AvgIpc) is 2.68. The maximum atomic E-state index is 12.5. The van der Waals surface area contributed by atoms with E-state index in [4.69, 9.17) is 0 Å². The van der Waals surface area contributed by atoms with Crippen molar-refractivity contribution in [3.05, 3.63) is 96.2 Å². The number of rotatable bonds is 8. The van der Waals surface area contributed by atoms with E-state index in [2.05, 4.69) is 17.2 Å². The van der Waals surface area contributed by atoms with Crippen LogP contribution in [0.3, 0.4) is 0 Å². The fourth-order valence-electron chi connectivity index (χ4n) is 2.75. The average molecular weight is 374 g/mol. The van der Waals surface area contributed by atoms with Crippen LogP contribution in [0, 0.1) is 0 Å². The van der Waals surface area contributed by atoms with Gasteiger partial charge in [-0.25, -0.2) is 0 Å². The van der Waals surface area contributed by atoms with Crippen LogP contribution in [0.4, 0.5) is 11.4 Å². The minimum absolute atomic E-state index is 0.0377. The number of allylic oxidation sites excluding steroid dienone is 4. The molecule has 2 aromatic carbocycles. The zero-order chi connectivity index (χ0) is 20.5. The van der Waals surface area contributed by atoms with Crippen LogP contribution in [-0.4, -0.2) is 11.7 Å². The van der Waals surface area contributed by atoms with Crippen molar-refractivity contribution in [2.24, 2.45) is 0 Å². The van der Waals surface area contributed by atoms with Gasteiger partial charge < -0.3 is 10.6 Å². The number of benzene rings is 2. The highest BCUT2D eigenvalue weighted by Gasteiger charge is 2.15. The third-order valence-electron chi connectivity index (χ3n) is 4.38. The number of anilines is 2. The molecule has 2 rings (SSSR count). The highest BCUT2D eigenvalue weighted by Crippen LogP contribution is 2.20. The van der Waals surface area contributed by atoms with Gasteiger partial charge in [-0.1, -0.05) is 55.1 Å². The van der Waals surface area contributed by atoms with Gasteiger partial charge in [-0.3, -0.25) is 9.59 Å². The molecule has 4 nitrogen and oxygen atoms in total. The van der Waals surface area contributed by atoms with Crippen molar-refractivity contribution >= 4 is 23.1 Å². The quantitative estimate of drug-likeness (QED) is 0.477.